The van der Waals surface area contributed by atoms with Crippen LogP contribution in [0.15, 0.2) is 72.8 Å². The summed E-state index contributed by atoms with van der Waals surface area (Å²) in [5, 5.41) is 2.81. The molecule has 5 heteroatoms. The van der Waals surface area contributed by atoms with Crippen LogP contribution in [-0.4, -0.2) is 29.2 Å². The first-order valence-electron chi connectivity index (χ1n) is 10.9. The van der Waals surface area contributed by atoms with Crippen LogP contribution < -0.4 is 5.32 Å². The van der Waals surface area contributed by atoms with E-state index in [1.807, 2.05) is 55.5 Å². The molecule has 7 rings (SSSR count). The first kappa shape index (κ1) is 19.0. The molecule has 4 aliphatic rings. The lowest BCUT2D eigenvalue weighted by Gasteiger charge is -2.45. The highest BCUT2D eigenvalue weighted by Gasteiger charge is 2.61. The third kappa shape index (κ3) is 2.60. The van der Waals surface area contributed by atoms with Crippen molar-refractivity contribution in [3.63, 3.8) is 0 Å². The van der Waals surface area contributed by atoms with Gasteiger partial charge in [0.25, 0.3) is 0 Å². The van der Waals surface area contributed by atoms with Crippen LogP contribution in [0.1, 0.15) is 39.7 Å². The van der Waals surface area contributed by atoms with E-state index in [0.29, 0.717) is 5.69 Å². The molecule has 3 aromatic rings. The Labute approximate surface area is 186 Å². The molecule has 3 aromatic carbocycles. The smallest absolute Gasteiger partial charge is 0.244 e. The van der Waals surface area contributed by atoms with Crippen molar-refractivity contribution >= 4 is 23.4 Å². The number of anilines is 1. The van der Waals surface area contributed by atoms with Gasteiger partial charge in [0.15, 0.2) is 0 Å². The van der Waals surface area contributed by atoms with Gasteiger partial charge in [0.2, 0.25) is 17.7 Å². The van der Waals surface area contributed by atoms with E-state index in [0.717, 1.165) is 27.8 Å². The van der Waals surface area contributed by atoms with Gasteiger partial charge in [-0.1, -0.05) is 66.2 Å². The molecule has 1 heterocycles. The van der Waals surface area contributed by atoms with Gasteiger partial charge in [-0.2, -0.15) is 0 Å². The maximum atomic E-state index is 13.5. The molecule has 1 saturated heterocycles. The minimum Gasteiger partial charge on any atom is -0.325 e. The molecule has 0 unspecified atom stereocenters. The van der Waals surface area contributed by atoms with Crippen LogP contribution in [0.2, 0.25) is 0 Å². The van der Waals surface area contributed by atoms with Crippen molar-refractivity contribution in [3.8, 4) is 0 Å². The second-order valence-corrected chi connectivity index (χ2v) is 8.94. The van der Waals surface area contributed by atoms with Gasteiger partial charge in [-0.05, 0) is 41.3 Å². The SMILES string of the molecule is Cc1ccc(NC(=O)CN2C(=O)[C@@H]3C4c5ccccc5C(c5ccccc54)[C@@H]3C2=O)cc1. The van der Waals surface area contributed by atoms with Gasteiger partial charge in [0.05, 0.1) is 11.8 Å². The summed E-state index contributed by atoms with van der Waals surface area (Å²) in [6.07, 6.45) is 0. The minimum absolute atomic E-state index is 0.154. The second-order valence-electron chi connectivity index (χ2n) is 8.94. The number of hydrogen-bond acceptors (Lipinski definition) is 3. The summed E-state index contributed by atoms with van der Waals surface area (Å²) in [7, 11) is 0. The molecule has 158 valence electrons. The van der Waals surface area contributed by atoms with Gasteiger partial charge in [0.1, 0.15) is 6.54 Å². The first-order valence-corrected chi connectivity index (χ1v) is 10.9. The van der Waals surface area contributed by atoms with Crippen molar-refractivity contribution in [1.29, 1.82) is 0 Å². The molecular weight excluding hydrogens is 400 g/mol. The highest BCUT2D eigenvalue weighted by Crippen LogP contribution is 2.60. The quantitative estimate of drug-likeness (QED) is 0.653. The summed E-state index contributed by atoms with van der Waals surface area (Å²) in [6.45, 7) is 1.71. The molecule has 0 aromatic heterocycles. The zero-order chi connectivity index (χ0) is 22.0. The van der Waals surface area contributed by atoms with E-state index in [4.69, 9.17) is 0 Å². The predicted molar refractivity (Wildman–Crippen MR) is 120 cm³/mol. The fourth-order valence-electron chi connectivity index (χ4n) is 5.88. The normalized spacial score (nSPS) is 24.7. The maximum Gasteiger partial charge on any atom is 0.244 e. The Balaban J connectivity index is 1.34. The Hall–Kier alpha value is -3.73. The van der Waals surface area contributed by atoms with Gasteiger partial charge >= 0.3 is 0 Å². The van der Waals surface area contributed by atoms with Crippen LogP contribution >= 0.6 is 0 Å². The average Bonchev–Trinajstić information content (AvgIpc) is 3.06. The van der Waals surface area contributed by atoms with Crippen molar-refractivity contribution in [1.82, 2.24) is 4.90 Å². The van der Waals surface area contributed by atoms with Gasteiger partial charge in [0, 0.05) is 17.5 Å². The number of imide groups is 1. The zero-order valence-corrected chi connectivity index (χ0v) is 17.6. The Kier molecular flexibility index (Phi) is 4.09. The molecular formula is C27H22N2O3. The largest absolute Gasteiger partial charge is 0.325 e. The van der Waals surface area contributed by atoms with Crippen molar-refractivity contribution in [2.45, 2.75) is 18.8 Å². The van der Waals surface area contributed by atoms with Gasteiger partial charge in [-0.3, -0.25) is 19.3 Å². The Morgan fingerprint density at radius 1 is 0.750 bits per heavy atom. The zero-order valence-electron chi connectivity index (χ0n) is 17.6. The second kappa shape index (κ2) is 6.89. The number of carbonyl (C=O) groups is 3. The number of aryl methyl sites for hydroxylation is 1. The lowest BCUT2D eigenvalue weighted by molar-refractivity contribution is -0.142. The van der Waals surface area contributed by atoms with E-state index in [2.05, 4.69) is 29.6 Å². The molecule has 5 nitrogen and oxygen atoms in total. The van der Waals surface area contributed by atoms with Gasteiger partial charge in [-0.15, -0.1) is 0 Å². The molecule has 1 fully saturated rings. The fourth-order valence-corrected chi connectivity index (χ4v) is 5.88. The molecule has 1 N–H and O–H groups in total. The number of likely N-dealkylation sites (tertiary alicyclic amines) is 1. The third-order valence-electron chi connectivity index (χ3n) is 7.18. The summed E-state index contributed by atoms with van der Waals surface area (Å²) >= 11 is 0. The summed E-state index contributed by atoms with van der Waals surface area (Å²) in [4.78, 5) is 40.9. The summed E-state index contributed by atoms with van der Waals surface area (Å²) in [5.41, 5.74) is 6.26. The summed E-state index contributed by atoms with van der Waals surface area (Å²) < 4.78 is 0. The van der Waals surface area contributed by atoms with Crippen LogP contribution in [0, 0.1) is 18.8 Å². The molecule has 32 heavy (non-hydrogen) atoms. The Morgan fingerprint density at radius 3 is 1.62 bits per heavy atom. The molecule has 0 spiro atoms. The van der Waals surface area contributed by atoms with E-state index in [1.54, 1.807) is 0 Å². The predicted octanol–water partition coefficient (Wildman–Crippen LogP) is 3.83. The first-order chi connectivity index (χ1) is 15.5. The number of nitrogens with one attached hydrogen (secondary N) is 1. The molecule has 2 atom stereocenters. The number of rotatable bonds is 3. The van der Waals surface area contributed by atoms with E-state index in [-0.39, 0.29) is 36.1 Å². The highest BCUT2D eigenvalue weighted by molar-refractivity contribution is 6.10. The van der Waals surface area contributed by atoms with Crippen LogP contribution in [0.4, 0.5) is 5.69 Å². The molecule has 2 bridgehead atoms. The minimum atomic E-state index is -0.454. The number of hydrogen-bond donors (Lipinski definition) is 1. The summed E-state index contributed by atoms with van der Waals surface area (Å²) in [5.74, 6) is -2.06. The number of carbonyl (C=O) groups excluding carboxylic acids is 3. The van der Waals surface area contributed by atoms with Gasteiger partial charge < -0.3 is 5.32 Å². The number of nitrogens with zero attached hydrogens (tertiary/aromatic N) is 1. The monoisotopic (exact) mass is 422 g/mol. The van der Waals surface area contributed by atoms with E-state index in [9.17, 15) is 14.4 Å². The van der Waals surface area contributed by atoms with E-state index in [1.165, 1.54) is 4.90 Å². The van der Waals surface area contributed by atoms with Crippen LogP contribution in [0.3, 0.4) is 0 Å². The van der Waals surface area contributed by atoms with Crippen molar-refractivity contribution in [3.05, 3.63) is 101 Å². The lowest BCUT2D eigenvalue weighted by atomic mass is 9.55. The Morgan fingerprint density at radius 2 is 1.19 bits per heavy atom. The molecule has 0 saturated carbocycles. The standard InChI is InChI=1S/C27H22N2O3/c1-15-10-12-16(13-11-15)28-21(30)14-29-26(31)24-22-17-6-2-3-7-18(17)23(25(24)27(29)32)20-9-5-4-8-19(20)22/h2-13,22-25H,14H2,1H3,(H,28,30)/t22?,23?,24-,25+. The summed E-state index contributed by atoms with van der Waals surface area (Å²) in [6, 6.07) is 23.7. The maximum absolute atomic E-state index is 13.5. The highest BCUT2D eigenvalue weighted by atomic mass is 16.2. The average molecular weight is 422 g/mol. The van der Waals surface area contributed by atoms with Crippen molar-refractivity contribution in [2.24, 2.45) is 11.8 Å². The van der Waals surface area contributed by atoms with Crippen molar-refractivity contribution < 1.29 is 14.4 Å². The van der Waals surface area contributed by atoms with Crippen LogP contribution in [0.25, 0.3) is 0 Å². The fraction of sp³-hybridized carbons (Fsp3) is 0.222. The van der Waals surface area contributed by atoms with E-state index >= 15 is 0 Å². The van der Waals surface area contributed by atoms with Crippen molar-refractivity contribution in [2.75, 3.05) is 11.9 Å². The number of amides is 3. The Bertz CT molecular complexity index is 1160. The molecule has 3 aliphatic carbocycles. The molecule has 1 aliphatic heterocycles. The molecule has 3 amide bonds. The topological polar surface area (TPSA) is 66.5 Å². The van der Waals surface area contributed by atoms with E-state index < -0.39 is 11.8 Å². The number of benzene rings is 3. The molecule has 0 radical (unpaired) electrons. The van der Waals surface area contributed by atoms with Crippen LogP contribution in [0.5, 0.6) is 0 Å². The lowest BCUT2D eigenvalue weighted by Crippen LogP contribution is -2.41. The van der Waals surface area contributed by atoms with Crippen LogP contribution in [-0.2, 0) is 14.4 Å². The van der Waals surface area contributed by atoms with Gasteiger partial charge in [-0.25, -0.2) is 0 Å². The third-order valence-corrected chi connectivity index (χ3v) is 7.18.